The lowest BCUT2D eigenvalue weighted by Gasteiger charge is -2.42. The Morgan fingerprint density at radius 1 is 1.24 bits per heavy atom. The molecule has 0 saturated carbocycles. The maximum absolute atomic E-state index is 3.76. The summed E-state index contributed by atoms with van der Waals surface area (Å²) < 4.78 is 0. The van der Waals surface area contributed by atoms with Gasteiger partial charge in [0.25, 0.3) is 0 Å². The summed E-state index contributed by atoms with van der Waals surface area (Å²) in [6.45, 7) is 12.6. The average molecular weight is 288 g/mol. The van der Waals surface area contributed by atoms with Gasteiger partial charge >= 0.3 is 0 Å². The molecule has 0 saturated heterocycles. The van der Waals surface area contributed by atoms with Gasteiger partial charge in [-0.25, -0.2) is 0 Å². The third kappa shape index (κ3) is 3.87. The van der Waals surface area contributed by atoms with Crippen LogP contribution in [0.1, 0.15) is 57.7 Å². The normalized spacial score (nSPS) is 23.1. The highest BCUT2D eigenvalue weighted by molar-refractivity contribution is 5.34. The van der Waals surface area contributed by atoms with Crippen LogP contribution in [0.2, 0.25) is 0 Å². The van der Waals surface area contributed by atoms with Crippen molar-refractivity contribution in [2.24, 2.45) is 5.92 Å². The molecule has 1 aliphatic carbocycles. The lowest BCUT2D eigenvalue weighted by atomic mass is 9.82. The molecule has 1 aliphatic rings. The van der Waals surface area contributed by atoms with Crippen LogP contribution >= 0.6 is 0 Å². The molecule has 3 unspecified atom stereocenters. The highest BCUT2D eigenvalue weighted by Crippen LogP contribution is 2.33. The summed E-state index contributed by atoms with van der Waals surface area (Å²) in [7, 11) is 0. The smallest absolute Gasteiger partial charge is 0.0480 e. The molecule has 118 valence electrons. The maximum Gasteiger partial charge on any atom is 0.0480 e. The third-order valence-electron chi connectivity index (χ3n) is 5.03. The largest absolute Gasteiger partial charge is 0.309 e. The Hall–Kier alpha value is -0.860. The first-order chi connectivity index (χ1) is 10.2. The van der Waals surface area contributed by atoms with Crippen molar-refractivity contribution >= 4 is 0 Å². The first-order valence-electron chi connectivity index (χ1n) is 8.76. The van der Waals surface area contributed by atoms with E-state index in [1.807, 2.05) is 0 Å². The van der Waals surface area contributed by atoms with Crippen LogP contribution in [-0.2, 0) is 6.42 Å². The molecule has 0 aliphatic heterocycles. The van der Waals surface area contributed by atoms with Gasteiger partial charge in [-0.1, -0.05) is 58.4 Å². The van der Waals surface area contributed by atoms with Gasteiger partial charge in [0, 0.05) is 18.6 Å². The summed E-state index contributed by atoms with van der Waals surface area (Å²) in [5, 5.41) is 3.76. The van der Waals surface area contributed by atoms with Crippen LogP contribution in [0.3, 0.4) is 0 Å². The molecular weight excluding hydrogens is 256 g/mol. The topological polar surface area (TPSA) is 15.3 Å². The van der Waals surface area contributed by atoms with Crippen LogP contribution in [-0.4, -0.2) is 30.6 Å². The van der Waals surface area contributed by atoms with Crippen molar-refractivity contribution in [3.63, 3.8) is 0 Å². The molecule has 1 aromatic carbocycles. The SMILES string of the molecule is CCNC1c2ccccc2CCC1N(CC)CC(C)CC. The van der Waals surface area contributed by atoms with E-state index < -0.39 is 0 Å². The van der Waals surface area contributed by atoms with Gasteiger partial charge in [0.1, 0.15) is 0 Å². The van der Waals surface area contributed by atoms with Gasteiger partial charge in [0.2, 0.25) is 0 Å². The number of nitrogens with zero attached hydrogens (tertiary/aromatic N) is 1. The number of hydrogen-bond donors (Lipinski definition) is 1. The Morgan fingerprint density at radius 2 is 2.00 bits per heavy atom. The van der Waals surface area contributed by atoms with E-state index in [0.29, 0.717) is 12.1 Å². The van der Waals surface area contributed by atoms with Crippen LogP contribution in [0, 0.1) is 5.92 Å². The van der Waals surface area contributed by atoms with Gasteiger partial charge in [-0.3, -0.25) is 4.90 Å². The minimum atomic E-state index is 0.490. The summed E-state index contributed by atoms with van der Waals surface area (Å²) in [5.41, 5.74) is 3.07. The molecule has 0 amide bonds. The fourth-order valence-corrected chi connectivity index (χ4v) is 3.63. The summed E-state index contributed by atoms with van der Waals surface area (Å²) in [6, 6.07) is 10.1. The standard InChI is InChI=1S/C19H32N2/c1-5-15(4)14-21(7-3)18-13-12-16-10-8-9-11-17(16)19(18)20-6-2/h8-11,15,18-20H,5-7,12-14H2,1-4H3. The summed E-state index contributed by atoms with van der Waals surface area (Å²) >= 11 is 0. The number of benzene rings is 1. The molecule has 2 rings (SSSR count). The van der Waals surface area contributed by atoms with Gasteiger partial charge in [0.05, 0.1) is 0 Å². The van der Waals surface area contributed by atoms with E-state index in [2.05, 4.69) is 62.2 Å². The van der Waals surface area contributed by atoms with E-state index in [-0.39, 0.29) is 0 Å². The monoisotopic (exact) mass is 288 g/mol. The fourth-order valence-electron chi connectivity index (χ4n) is 3.63. The first kappa shape index (κ1) is 16.5. The lowest BCUT2D eigenvalue weighted by molar-refractivity contribution is 0.128. The van der Waals surface area contributed by atoms with Gasteiger partial charge in [-0.05, 0) is 43.0 Å². The number of rotatable bonds is 7. The molecule has 2 nitrogen and oxygen atoms in total. The zero-order chi connectivity index (χ0) is 15.2. The number of fused-ring (bicyclic) bond motifs is 1. The fraction of sp³-hybridized carbons (Fsp3) is 0.684. The summed E-state index contributed by atoms with van der Waals surface area (Å²) in [6.07, 6.45) is 3.77. The van der Waals surface area contributed by atoms with Gasteiger partial charge < -0.3 is 5.32 Å². The van der Waals surface area contributed by atoms with E-state index in [9.17, 15) is 0 Å². The average Bonchev–Trinajstić information content (AvgIpc) is 2.53. The van der Waals surface area contributed by atoms with Crippen molar-refractivity contribution < 1.29 is 0 Å². The van der Waals surface area contributed by atoms with Crippen molar-refractivity contribution in [1.82, 2.24) is 10.2 Å². The Bertz CT molecular complexity index is 429. The molecule has 1 N–H and O–H groups in total. The van der Waals surface area contributed by atoms with Crippen molar-refractivity contribution in [2.75, 3.05) is 19.6 Å². The van der Waals surface area contributed by atoms with Gasteiger partial charge in [0.15, 0.2) is 0 Å². The van der Waals surface area contributed by atoms with Crippen LogP contribution in [0.25, 0.3) is 0 Å². The van der Waals surface area contributed by atoms with E-state index >= 15 is 0 Å². The minimum absolute atomic E-state index is 0.490. The van der Waals surface area contributed by atoms with Crippen LogP contribution in [0.15, 0.2) is 24.3 Å². The first-order valence-corrected chi connectivity index (χ1v) is 8.76. The predicted molar refractivity (Wildman–Crippen MR) is 91.7 cm³/mol. The Labute approximate surface area is 130 Å². The molecule has 0 spiro atoms. The molecule has 0 fully saturated rings. The molecule has 2 heteroatoms. The summed E-state index contributed by atoms with van der Waals surface area (Å²) in [4.78, 5) is 2.71. The third-order valence-corrected chi connectivity index (χ3v) is 5.03. The molecule has 21 heavy (non-hydrogen) atoms. The lowest BCUT2D eigenvalue weighted by Crippen LogP contribution is -2.48. The quantitative estimate of drug-likeness (QED) is 0.815. The summed E-state index contributed by atoms with van der Waals surface area (Å²) in [5.74, 6) is 0.782. The van der Waals surface area contributed by atoms with Crippen molar-refractivity contribution in [3.8, 4) is 0 Å². The second-order valence-corrected chi connectivity index (χ2v) is 6.44. The van der Waals surface area contributed by atoms with E-state index in [1.54, 1.807) is 5.56 Å². The molecule has 0 bridgehead atoms. The molecule has 0 radical (unpaired) electrons. The van der Waals surface area contributed by atoms with Crippen molar-refractivity contribution in [1.29, 1.82) is 0 Å². The van der Waals surface area contributed by atoms with Gasteiger partial charge in [-0.15, -0.1) is 0 Å². The second kappa shape index (κ2) is 7.95. The molecular formula is C19H32N2. The highest BCUT2D eigenvalue weighted by Gasteiger charge is 2.32. The molecule has 0 heterocycles. The Morgan fingerprint density at radius 3 is 2.67 bits per heavy atom. The number of likely N-dealkylation sites (N-methyl/N-ethyl adjacent to an activating group) is 2. The zero-order valence-electron chi connectivity index (χ0n) is 14.2. The maximum atomic E-state index is 3.76. The van der Waals surface area contributed by atoms with Gasteiger partial charge in [-0.2, -0.15) is 0 Å². The predicted octanol–water partition coefficient (Wildman–Crippen LogP) is 4.02. The Balaban J connectivity index is 2.21. The Kier molecular flexibility index (Phi) is 6.25. The number of aryl methyl sites for hydroxylation is 1. The van der Waals surface area contributed by atoms with Crippen LogP contribution < -0.4 is 5.32 Å². The van der Waals surface area contributed by atoms with Crippen molar-refractivity contribution in [3.05, 3.63) is 35.4 Å². The number of hydrogen-bond acceptors (Lipinski definition) is 2. The molecule has 3 atom stereocenters. The van der Waals surface area contributed by atoms with E-state index in [0.717, 1.165) is 19.0 Å². The van der Waals surface area contributed by atoms with Crippen molar-refractivity contribution in [2.45, 2.75) is 59.0 Å². The number of nitrogens with one attached hydrogen (secondary N) is 1. The van der Waals surface area contributed by atoms with Crippen LogP contribution in [0.4, 0.5) is 0 Å². The van der Waals surface area contributed by atoms with E-state index in [1.165, 1.54) is 31.4 Å². The molecule has 0 aromatic heterocycles. The van der Waals surface area contributed by atoms with E-state index in [4.69, 9.17) is 0 Å². The highest BCUT2D eigenvalue weighted by atomic mass is 15.2. The molecule has 1 aromatic rings. The minimum Gasteiger partial charge on any atom is -0.309 e. The second-order valence-electron chi connectivity index (χ2n) is 6.44. The van der Waals surface area contributed by atoms with Crippen LogP contribution in [0.5, 0.6) is 0 Å². The zero-order valence-corrected chi connectivity index (χ0v) is 14.2.